The Kier molecular flexibility index (Phi) is 4.51. The van der Waals surface area contributed by atoms with E-state index >= 15 is 0 Å². The number of pyridine rings is 1. The molecule has 26 heavy (non-hydrogen) atoms. The highest BCUT2D eigenvalue weighted by Crippen LogP contribution is 2.40. The van der Waals surface area contributed by atoms with Crippen molar-refractivity contribution in [3.05, 3.63) is 41.6 Å². The molecule has 3 heterocycles. The van der Waals surface area contributed by atoms with E-state index in [9.17, 15) is 10.2 Å². The van der Waals surface area contributed by atoms with Gasteiger partial charge < -0.3 is 14.9 Å². The number of rotatable bonds is 2. The number of aromatic nitrogens is 1. The van der Waals surface area contributed by atoms with E-state index in [4.69, 9.17) is 4.74 Å². The van der Waals surface area contributed by atoms with Crippen LogP contribution < -0.4 is 0 Å². The second-order valence-corrected chi connectivity index (χ2v) is 8.14. The predicted octanol–water partition coefficient (Wildman–Crippen LogP) is 2.41. The van der Waals surface area contributed by atoms with E-state index in [1.807, 2.05) is 12.3 Å². The zero-order valence-electron chi connectivity index (χ0n) is 15.6. The summed E-state index contributed by atoms with van der Waals surface area (Å²) in [6.07, 6.45) is 2.99. The van der Waals surface area contributed by atoms with Crippen molar-refractivity contribution in [2.24, 2.45) is 0 Å². The molecule has 5 nitrogen and oxygen atoms in total. The normalized spacial score (nSPS) is 29.3. The lowest BCUT2D eigenvalue weighted by molar-refractivity contribution is -0.246. The Morgan fingerprint density at radius 2 is 2.00 bits per heavy atom. The molecule has 2 fully saturated rings. The van der Waals surface area contributed by atoms with Crippen molar-refractivity contribution in [2.45, 2.75) is 57.0 Å². The Morgan fingerprint density at radius 1 is 1.23 bits per heavy atom. The van der Waals surface area contributed by atoms with Gasteiger partial charge >= 0.3 is 0 Å². The first-order valence-corrected chi connectivity index (χ1v) is 9.51. The molecular weight excluding hydrogens is 328 g/mol. The first-order chi connectivity index (χ1) is 12.4. The maximum absolute atomic E-state index is 10.7. The van der Waals surface area contributed by atoms with E-state index in [-0.39, 0.29) is 0 Å². The van der Waals surface area contributed by atoms with Crippen molar-refractivity contribution in [1.82, 2.24) is 9.88 Å². The van der Waals surface area contributed by atoms with Gasteiger partial charge in [0.1, 0.15) is 6.10 Å². The second-order valence-electron chi connectivity index (χ2n) is 8.14. The van der Waals surface area contributed by atoms with Crippen molar-refractivity contribution >= 4 is 10.9 Å². The number of aliphatic hydroxyl groups excluding tert-OH is 1. The largest absolute Gasteiger partial charge is 0.387 e. The predicted molar refractivity (Wildman–Crippen MR) is 101 cm³/mol. The molecule has 2 N–H and O–H groups in total. The standard InChI is InChI=1S/C21H28N2O3/c1-15-5-6-16(17-4-3-10-22-18(15)17)14-23-11-7-21(8-12-23)19(24)20(2,25)9-13-26-21/h3-6,10,19,24-25H,7-9,11-14H2,1-2H3/t19-,20+/m0/s1. The Hall–Kier alpha value is -1.53. The molecule has 140 valence electrons. The van der Waals surface area contributed by atoms with Crippen LogP contribution in [0.4, 0.5) is 0 Å². The molecule has 2 aliphatic heterocycles. The third-order valence-corrected chi connectivity index (χ3v) is 6.24. The summed E-state index contributed by atoms with van der Waals surface area (Å²) >= 11 is 0. The van der Waals surface area contributed by atoms with Gasteiger partial charge in [-0.1, -0.05) is 18.2 Å². The third-order valence-electron chi connectivity index (χ3n) is 6.24. The maximum Gasteiger partial charge on any atom is 0.111 e. The van der Waals surface area contributed by atoms with Crippen LogP contribution in [-0.4, -0.2) is 57.1 Å². The van der Waals surface area contributed by atoms with Gasteiger partial charge in [0.05, 0.1) is 23.3 Å². The van der Waals surface area contributed by atoms with Crippen molar-refractivity contribution in [3.8, 4) is 0 Å². The Balaban J connectivity index is 1.49. The molecule has 2 aliphatic rings. The van der Waals surface area contributed by atoms with Crippen molar-refractivity contribution in [3.63, 3.8) is 0 Å². The van der Waals surface area contributed by atoms with E-state index in [0.717, 1.165) is 38.0 Å². The van der Waals surface area contributed by atoms with Crippen LogP contribution in [0.1, 0.15) is 37.3 Å². The topological polar surface area (TPSA) is 65.8 Å². The molecule has 0 aliphatic carbocycles. The van der Waals surface area contributed by atoms with Crippen LogP contribution in [0.5, 0.6) is 0 Å². The number of ether oxygens (including phenoxy) is 1. The lowest BCUT2D eigenvalue weighted by Gasteiger charge is -2.51. The Labute approximate surface area is 154 Å². The van der Waals surface area contributed by atoms with Crippen molar-refractivity contribution < 1.29 is 14.9 Å². The number of benzene rings is 1. The number of aliphatic hydroxyl groups is 2. The lowest BCUT2D eigenvalue weighted by atomic mass is 9.75. The second kappa shape index (κ2) is 6.57. The van der Waals surface area contributed by atoms with E-state index in [0.29, 0.717) is 13.0 Å². The van der Waals surface area contributed by atoms with Crippen molar-refractivity contribution in [1.29, 1.82) is 0 Å². The first-order valence-electron chi connectivity index (χ1n) is 9.51. The van der Waals surface area contributed by atoms with Gasteiger partial charge in [0.2, 0.25) is 0 Å². The highest BCUT2D eigenvalue weighted by Gasteiger charge is 2.52. The summed E-state index contributed by atoms with van der Waals surface area (Å²) in [7, 11) is 0. The van der Waals surface area contributed by atoms with Gasteiger partial charge in [-0.3, -0.25) is 9.88 Å². The molecule has 2 aromatic rings. The van der Waals surface area contributed by atoms with Gasteiger partial charge in [-0.25, -0.2) is 0 Å². The molecule has 2 saturated heterocycles. The summed E-state index contributed by atoms with van der Waals surface area (Å²) in [6.45, 7) is 6.89. The highest BCUT2D eigenvalue weighted by atomic mass is 16.5. The van der Waals surface area contributed by atoms with E-state index < -0.39 is 17.3 Å². The minimum absolute atomic E-state index is 0.488. The number of fused-ring (bicyclic) bond motifs is 1. The van der Waals surface area contributed by atoms with Crippen LogP contribution in [0, 0.1) is 6.92 Å². The van der Waals surface area contributed by atoms with Crippen LogP contribution in [0.3, 0.4) is 0 Å². The average Bonchev–Trinajstić information content (AvgIpc) is 2.64. The molecule has 0 amide bonds. The molecule has 2 atom stereocenters. The van der Waals surface area contributed by atoms with Crippen LogP contribution in [0.15, 0.2) is 30.5 Å². The van der Waals surface area contributed by atoms with Gasteiger partial charge in [-0.15, -0.1) is 0 Å². The molecule has 0 saturated carbocycles. The summed E-state index contributed by atoms with van der Waals surface area (Å²) in [4.78, 5) is 6.93. The highest BCUT2D eigenvalue weighted by molar-refractivity contribution is 5.84. The molecule has 5 heteroatoms. The zero-order valence-corrected chi connectivity index (χ0v) is 15.6. The molecule has 1 spiro atoms. The fourth-order valence-corrected chi connectivity index (χ4v) is 4.50. The van der Waals surface area contributed by atoms with Gasteiger partial charge in [0.25, 0.3) is 0 Å². The fraction of sp³-hybridized carbons (Fsp3) is 0.571. The monoisotopic (exact) mass is 356 g/mol. The first kappa shape index (κ1) is 17.9. The van der Waals surface area contributed by atoms with Gasteiger partial charge in [0, 0.05) is 37.6 Å². The van der Waals surface area contributed by atoms with Crippen LogP contribution in [0.25, 0.3) is 10.9 Å². The van der Waals surface area contributed by atoms with Crippen molar-refractivity contribution in [2.75, 3.05) is 19.7 Å². The van der Waals surface area contributed by atoms with E-state index in [2.05, 4.69) is 35.0 Å². The Bertz CT molecular complexity index is 797. The smallest absolute Gasteiger partial charge is 0.111 e. The Morgan fingerprint density at radius 3 is 2.77 bits per heavy atom. The summed E-state index contributed by atoms with van der Waals surface area (Å²) in [5.41, 5.74) is 1.89. The third kappa shape index (κ3) is 3.03. The zero-order chi connectivity index (χ0) is 18.4. The van der Waals surface area contributed by atoms with E-state index in [1.54, 1.807) is 6.92 Å². The molecular formula is C21H28N2O3. The van der Waals surface area contributed by atoms with Gasteiger partial charge in [-0.2, -0.15) is 0 Å². The summed E-state index contributed by atoms with van der Waals surface area (Å²) in [6, 6.07) is 8.47. The SMILES string of the molecule is Cc1ccc(CN2CCC3(CC2)OCC[C@@](C)(O)[C@@H]3O)c2cccnc12. The molecule has 0 bridgehead atoms. The molecule has 1 aromatic heterocycles. The van der Waals surface area contributed by atoms with Crippen LogP contribution in [-0.2, 0) is 11.3 Å². The lowest BCUT2D eigenvalue weighted by Crippen LogP contribution is -2.64. The fourth-order valence-electron chi connectivity index (χ4n) is 4.50. The van der Waals surface area contributed by atoms with E-state index in [1.165, 1.54) is 16.5 Å². The minimum Gasteiger partial charge on any atom is -0.387 e. The number of aryl methyl sites for hydroxylation is 1. The number of likely N-dealkylation sites (tertiary alicyclic amines) is 1. The van der Waals surface area contributed by atoms with Crippen LogP contribution in [0.2, 0.25) is 0 Å². The molecule has 0 unspecified atom stereocenters. The van der Waals surface area contributed by atoms with Gasteiger partial charge in [0.15, 0.2) is 0 Å². The van der Waals surface area contributed by atoms with Crippen LogP contribution >= 0.6 is 0 Å². The number of hydrogen-bond donors (Lipinski definition) is 2. The van der Waals surface area contributed by atoms with Gasteiger partial charge in [-0.05, 0) is 43.9 Å². The molecule has 4 rings (SSSR count). The quantitative estimate of drug-likeness (QED) is 0.865. The average molecular weight is 356 g/mol. The summed E-state index contributed by atoms with van der Waals surface area (Å²) < 4.78 is 5.99. The maximum atomic E-state index is 10.7. The number of nitrogens with zero attached hydrogens (tertiary/aromatic N) is 2. The minimum atomic E-state index is -1.06. The summed E-state index contributed by atoms with van der Waals surface area (Å²) in [5, 5.41) is 22.3. The molecule has 0 radical (unpaired) electrons. The summed E-state index contributed by atoms with van der Waals surface area (Å²) in [5.74, 6) is 0. The number of hydrogen-bond acceptors (Lipinski definition) is 5. The molecule has 1 aromatic carbocycles. The number of piperidine rings is 1.